The van der Waals surface area contributed by atoms with Gasteiger partial charge in [0.05, 0.1) is 12.2 Å². The van der Waals surface area contributed by atoms with Crippen molar-refractivity contribution in [1.29, 1.82) is 0 Å². The van der Waals surface area contributed by atoms with Gasteiger partial charge in [0.1, 0.15) is 5.82 Å². The lowest BCUT2D eigenvalue weighted by Crippen LogP contribution is -2.22. The Morgan fingerprint density at radius 1 is 1.62 bits per heavy atom. The normalized spacial score (nSPS) is 9.69. The first-order valence-electron chi connectivity index (χ1n) is 3.88. The van der Waals surface area contributed by atoms with Crippen LogP contribution in [0.5, 0.6) is 0 Å². The molecule has 4 heteroatoms. The molecule has 1 amide bonds. The highest BCUT2D eigenvalue weighted by Crippen LogP contribution is 2.17. The van der Waals surface area contributed by atoms with Crippen molar-refractivity contribution < 1.29 is 9.18 Å². The van der Waals surface area contributed by atoms with Gasteiger partial charge in [-0.25, -0.2) is 4.39 Å². The van der Waals surface area contributed by atoms with Gasteiger partial charge in [-0.3, -0.25) is 4.79 Å². The lowest BCUT2D eigenvalue weighted by Gasteiger charge is -2.07. The number of nitrogens with two attached hydrogens (primary N) is 1. The molecule has 0 bridgehead atoms. The van der Waals surface area contributed by atoms with E-state index < -0.39 is 5.91 Å². The first-order valence-corrected chi connectivity index (χ1v) is 3.88. The maximum absolute atomic E-state index is 13.1. The highest BCUT2D eigenvalue weighted by molar-refractivity contribution is 5.79. The molecule has 0 heterocycles. The van der Waals surface area contributed by atoms with Crippen LogP contribution in [0.25, 0.3) is 0 Å². The van der Waals surface area contributed by atoms with Crippen molar-refractivity contribution in [3.8, 4) is 0 Å². The molecule has 0 spiro atoms. The number of nitrogens with one attached hydrogen (secondary N) is 1. The number of primary amides is 1. The Bertz CT molecular complexity index is 305. The van der Waals surface area contributed by atoms with Gasteiger partial charge in [0.2, 0.25) is 5.91 Å². The molecular formula is C9H11FN2O. The second kappa shape index (κ2) is 3.89. The Morgan fingerprint density at radius 2 is 2.31 bits per heavy atom. The molecule has 0 saturated heterocycles. The number of benzene rings is 1. The number of hydrogen-bond acceptors (Lipinski definition) is 2. The zero-order valence-electron chi connectivity index (χ0n) is 7.30. The molecule has 3 nitrogen and oxygen atoms in total. The average Bonchev–Trinajstić information content (AvgIpc) is 2.03. The van der Waals surface area contributed by atoms with Crippen molar-refractivity contribution in [1.82, 2.24) is 0 Å². The number of carbonyl (C=O) groups is 1. The van der Waals surface area contributed by atoms with Crippen molar-refractivity contribution in [3.05, 3.63) is 29.6 Å². The molecule has 0 radical (unpaired) electrons. The molecule has 1 aromatic rings. The number of para-hydroxylation sites is 1. The zero-order valence-corrected chi connectivity index (χ0v) is 7.30. The SMILES string of the molecule is Cc1cccc(F)c1NCC(N)=O. The highest BCUT2D eigenvalue weighted by atomic mass is 19.1. The quantitative estimate of drug-likeness (QED) is 0.733. The van der Waals surface area contributed by atoms with E-state index in [1.807, 2.05) is 0 Å². The van der Waals surface area contributed by atoms with E-state index in [0.29, 0.717) is 5.69 Å². The number of hydrogen-bond donors (Lipinski definition) is 2. The predicted molar refractivity (Wildman–Crippen MR) is 48.8 cm³/mol. The number of rotatable bonds is 3. The molecule has 13 heavy (non-hydrogen) atoms. The fourth-order valence-corrected chi connectivity index (χ4v) is 1.03. The van der Waals surface area contributed by atoms with Crippen molar-refractivity contribution in [2.45, 2.75) is 6.92 Å². The molecule has 0 fully saturated rings. The van der Waals surface area contributed by atoms with Gasteiger partial charge < -0.3 is 11.1 Å². The predicted octanol–water partition coefficient (Wildman–Crippen LogP) is 1.03. The summed E-state index contributed by atoms with van der Waals surface area (Å²) in [6, 6.07) is 4.70. The first-order chi connectivity index (χ1) is 6.11. The van der Waals surface area contributed by atoms with Gasteiger partial charge in [-0.2, -0.15) is 0 Å². The molecular weight excluding hydrogens is 171 g/mol. The van der Waals surface area contributed by atoms with Crippen LogP contribution in [-0.2, 0) is 4.79 Å². The van der Waals surface area contributed by atoms with Crippen LogP contribution >= 0.6 is 0 Å². The van der Waals surface area contributed by atoms with Crippen LogP contribution in [0.2, 0.25) is 0 Å². The molecule has 0 unspecified atom stereocenters. The Balaban J connectivity index is 2.81. The summed E-state index contributed by atoms with van der Waals surface area (Å²) in [7, 11) is 0. The topological polar surface area (TPSA) is 55.1 Å². The summed E-state index contributed by atoms with van der Waals surface area (Å²) in [5.74, 6) is -0.885. The maximum atomic E-state index is 13.1. The number of carbonyl (C=O) groups excluding carboxylic acids is 1. The first kappa shape index (κ1) is 9.51. The third kappa shape index (κ3) is 2.43. The van der Waals surface area contributed by atoms with Gasteiger partial charge in [0.25, 0.3) is 0 Å². The molecule has 0 aliphatic carbocycles. The summed E-state index contributed by atoms with van der Waals surface area (Å²) >= 11 is 0. The summed E-state index contributed by atoms with van der Waals surface area (Å²) in [6.45, 7) is 1.70. The number of aryl methyl sites for hydroxylation is 1. The Labute approximate surface area is 75.7 Å². The fourth-order valence-electron chi connectivity index (χ4n) is 1.03. The minimum atomic E-state index is -0.511. The molecule has 0 aliphatic rings. The molecule has 0 aliphatic heterocycles. The van der Waals surface area contributed by atoms with Crippen molar-refractivity contribution >= 4 is 11.6 Å². The molecule has 0 saturated carbocycles. The van der Waals surface area contributed by atoms with Crippen LogP contribution in [-0.4, -0.2) is 12.5 Å². The van der Waals surface area contributed by atoms with Gasteiger partial charge in [0.15, 0.2) is 0 Å². The van der Waals surface area contributed by atoms with E-state index in [-0.39, 0.29) is 12.4 Å². The van der Waals surface area contributed by atoms with Crippen LogP contribution in [0.1, 0.15) is 5.56 Å². The monoisotopic (exact) mass is 182 g/mol. The minimum Gasteiger partial charge on any atom is -0.374 e. The van der Waals surface area contributed by atoms with E-state index in [9.17, 15) is 9.18 Å². The van der Waals surface area contributed by atoms with Crippen LogP contribution < -0.4 is 11.1 Å². The van der Waals surface area contributed by atoms with E-state index in [2.05, 4.69) is 5.32 Å². The van der Waals surface area contributed by atoms with Crippen LogP contribution in [0.3, 0.4) is 0 Å². The summed E-state index contributed by atoms with van der Waals surface area (Å²) in [5.41, 5.74) is 6.00. The minimum absolute atomic E-state index is 0.0538. The third-order valence-electron chi connectivity index (χ3n) is 1.66. The summed E-state index contributed by atoms with van der Waals surface area (Å²) in [4.78, 5) is 10.4. The zero-order chi connectivity index (χ0) is 9.84. The molecule has 3 N–H and O–H groups in total. The third-order valence-corrected chi connectivity index (χ3v) is 1.66. The van der Waals surface area contributed by atoms with Gasteiger partial charge in [0, 0.05) is 0 Å². The van der Waals surface area contributed by atoms with E-state index in [0.717, 1.165) is 5.56 Å². The molecule has 1 aromatic carbocycles. The highest BCUT2D eigenvalue weighted by Gasteiger charge is 2.04. The van der Waals surface area contributed by atoms with Gasteiger partial charge in [-0.1, -0.05) is 12.1 Å². The standard InChI is InChI=1S/C9H11FN2O/c1-6-3-2-4-7(10)9(6)12-5-8(11)13/h2-4,12H,5H2,1H3,(H2,11,13). The summed E-state index contributed by atoms with van der Waals surface area (Å²) in [5, 5.41) is 2.63. The van der Waals surface area contributed by atoms with Crippen LogP contribution in [0, 0.1) is 12.7 Å². The van der Waals surface area contributed by atoms with Gasteiger partial charge in [-0.05, 0) is 18.6 Å². The lowest BCUT2D eigenvalue weighted by molar-refractivity contribution is -0.116. The number of anilines is 1. The number of amides is 1. The Kier molecular flexibility index (Phi) is 2.84. The fraction of sp³-hybridized carbons (Fsp3) is 0.222. The molecule has 1 rings (SSSR count). The number of halogens is 1. The van der Waals surface area contributed by atoms with E-state index >= 15 is 0 Å². The molecule has 0 atom stereocenters. The van der Waals surface area contributed by atoms with Crippen molar-refractivity contribution in [2.24, 2.45) is 5.73 Å². The van der Waals surface area contributed by atoms with E-state index in [4.69, 9.17) is 5.73 Å². The molecule has 0 aromatic heterocycles. The maximum Gasteiger partial charge on any atom is 0.236 e. The van der Waals surface area contributed by atoms with Crippen LogP contribution in [0.4, 0.5) is 10.1 Å². The van der Waals surface area contributed by atoms with E-state index in [1.165, 1.54) is 6.07 Å². The second-order valence-electron chi connectivity index (χ2n) is 2.75. The lowest BCUT2D eigenvalue weighted by atomic mass is 10.2. The van der Waals surface area contributed by atoms with E-state index in [1.54, 1.807) is 19.1 Å². The van der Waals surface area contributed by atoms with Crippen molar-refractivity contribution in [2.75, 3.05) is 11.9 Å². The van der Waals surface area contributed by atoms with Crippen LogP contribution in [0.15, 0.2) is 18.2 Å². The summed E-state index contributed by atoms with van der Waals surface area (Å²) in [6.07, 6.45) is 0. The van der Waals surface area contributed by atoms with Gasteiger partial charge >= 0.3 is 0 Å². The average molecular weight is 182 g/mol. The largest absolute Gasteiger partial charge is 0.374 e. The van der Waals surface area contributed by atoms with Crippen molar-refractivity contribution in [3.63, 3.8) is 0 Å². The van der Waals surface area contributed by atoms with Gasteiger partial charge in [-0.15, -0.1) is 0 Å². The summed E-state index contributed by atoms with van der Waals surface area (Å²) < 4.78 is 13.1. The Morgan fingerprint density at radius 3 is 2.85 bits per heavy atom. The smallest absolute Gasteiger partial charge is 0.236 e. The Hall–Kier alpha value is -1.58. The second-order valence-corrected chi connectivity index (χ2v) is 2.75. The molecule has 70 valence electrons.